The summed E-state index contributed by atoms with van der Waals surface area (Å²) in [4.78, 5) is 25.7. The molecule has 0 unspecified atom stereocenters. The fraction of sp³-hybridized carbons (Fsp3) is 0.263. The van der Waals surface area contributed by atoms with Gasteiger partial charge in [0.1, 0.15) is 5.75 Å². The van der Waals surface area contributed by atoms with Crippen LogP contribution in [0.2, 0.25) is 0 Å². The van der Waals surface area contributed by atoms with Crippen molar-refractivity contribution in [1.29, 1.82) is 0 Å². The number of amides is 2. The van der Waals surface area contributed by atoms with Crippen molar-refractivity contribution in [2.24, 2.45) is 0 Å². The molecule has 1 N–H and O–H groups in total. The third kappa shape index (κ3) is 5.12. The van der Waals surface area contributed by atoms with Gasteiger partial charge in [-0.1, -0.05) is 30.3 Å². The van der Waals surface area contributed by atoms with E-state index in [9.17, 15) is 9.59 Å². The van der Waals surface area contributed by atoms with Crippen molar-refractivity contribution in [3.63, 3.8) is 0 Å². The first kappa shape index (κ1) is 17.5. The van der Waals surface area contributed by atoms with Crippen LogP contribution in [0.1, 0.15) is 22.3 Å². The highest BCUT2D eigenvalue weighted by Crippen LogP contribution is 2.12. The Bertz CT molecular complexity index is 669. The first-order valence-corrected chi connectivity index (χ1v) is 7.80. The van der Waals surface area contributed by atoms with Crippen molar-refractivity contribution < 1.29 is 14.3 Å². The lowest BCUT2D eigenvalue weighted by Gasteiger charge is -2.17. The average Bonchev–Trinajstić information content (AvgIpc) is 2.62. The minimum absolute atomic E-state index is 0.0146. The normalized spacial score (nSPS) is 10.1. The van der Waals surface area contributed by atoms with Crippen molar-refractivity contribution >= 4 is 11.8 Å². The molecule has 0 aliphatic heterocycles. The van der Waals surface area contributed by atoms with Gasteiger partial charge in [0.2, 0.25) is 5.91 Å². The lowest BCUT2D eigenvalue weighted by atomic mass is 10.2. The maximum absolute atomic E-state index is 12.1. The Morgan fingerprint density at radius 1 is 1.04 bits per heavy atom. The number of nitrogens with zero attached hydrogens (tertiary/aromatic N) is 1. The summed E-state index contributed by atoms with van der Waals surface area (Å²) >= 11 is 0. The zero-order valence-electron chi connectivity index (χ0n) is 14.0. The molecule has 126 valence electrons. The van der Waals surface area contributed by atoms with Gasteiger partial charge in [-0.2, -0.15) is 0 Å². The summed E-state index contributed by atoms with van der Waals surface area (Å²) in [6.07, 6.45) is 0.269. The minimum Gasteiger partial charge on any atom is -0.497 e. The van der Waals surface area contributed by atoms with Crippen LogP contribution < -0.4 is 10.1 Å². The Labute approximate surface area is 142 Å². The third-order valence-corrected chi connectivity index (χ3v) is 3.66. The quantitative estimate of drug-likeness (QED) is 0.850. The summed E-state index contributed by atoms with van der Waals surface area (Å²) in [5.41, 5.74) is 1.62. The Morgan fingerprint density at radius 2 is 1.71 bits per heavy atom. The van der Waals surface area contributed by atoms with Gasteiger partial charge < -0.3 is 15.0 Å². The Kier molecular flexibility index (Phi) is 6.37. The van der Waals surface area contributed by atoms with E-state index in [2.05, 4.69) is 5.32 Å². The highest BCUT2D eigenvalue weighted by molar-refractivity contribution is 5.94. The molecule has 0 spiro atoms. The van der Waals surface area contributed by atoms with Gasteiger partial charge >= 0.3 is 0 Å². The van der Waals surface area contributed by atoms with E-state index in [1.54, 1.807) is 31.2 Å². The standard InChI is InChI=1S/C19H22N2O3/c1-21(14-15-8-10-17(24-2)11-9-15)18(22)12-13-20-19(23)16-6-4-3-5-7-16/h3-11H,12-14H2,1-2H3,(H,20,23). The van der Waals surface area contributed by atoms with Crippen LogP contribution in [-0.2, 0) is 11.3 Å². The second-order valence-electron chi connectivity index (χ2n) is 5.47. The molecule has 0 atom stereocenters. The Balaban J connectivity index is 1.76. The average molecular weight is 326 g/mol. The van der Waals surface area contributed by atoms with Crippen molar-refractivity contribution in [2.45, 2.75) is 13.0 Å². The number of hydrogen-bond acceptors (Lipinski definition) is 3. The third-order valence-electron chi connectivity index (χ3n) is 3.66. The first-order valence-electron chi connectivity index (χ1n) is 7.80. The summed E-state index contributed by atoms with van der Waals surface area (Å²) in [6, 6.07) is 16.6. The van der Waals surface area contributed by atoms with Crippen LogP contribution in [-0.4, -0.2) is 37.4 Å². The maximum atomic E-state index is 12.1. The maximum Gasteiger partial charge on any atom is 0.251 e. The van der Waals surface area contributed by atoms with Crippen LogP contribution in [0.5, 0.6) is 5.75 Å². The van der Waals surface area contributed by atoms with Crippen molar-refractivity contribution in [3.05, 3.63) is 65.7 Å². The molecule has 0 saturated carbocycles. The number of hydrogen-bond donors (Lipinski definition) is 1. The van der Waals surface area contributed by atoms with E-state index in [1.807, 2.05) is 42.5 Å². The molecule has 5 heteroatoms. The predicted molar refractivity (Wildman–Crippen MR) is 92.9 cm³/mol. The molecule has 0 heterocycles. The summed E-state index contributed by atoms with van der Waals surface area (Å²) in [6.45, 7) is 0.842. The molecule has 0 fully saturated rings. The molecule has 2 aromatic rings. The van der Waals surface area contributed by atoms with Gasteiger partial charge in [0.05, 0.1) is 7.11 Å². The lowest BCUT2D eigenvalue weighted by Crippen LogP contribution is -2.31. The van der Waals surface area contributed by atoms with E-state index < -0.39 is 0 Å². The fourth-order valence-corrected chi connectivity index (χ4v) is 2.26. The van der Waals surface area contributed by atoms with Crippen LogP contribution in [0.25, 0.3) is 0 Å². The molecule has 0 bridgehead atoms. The SMILES string of the molecule is COc1ccc(CN(C)C(=O)CCNC(=O)c2ccccc2)cc1. The number of nitrogens with one attached hydrogen (secondary N) is 1. The number of methoxy groups -OCH3 is 1. The summed E-state index contributed by atoms with van der Waals surface area (Å²) in [7, 11) is 3.37. The topological polar surface area (TPSA) is 58.6 Å². The number of benzene rings is 2. The number of rotatable bonds is 7. The number of carbonyl (C=O) groups is 2. The first-order chi connectivity index (χ1) is 11.6. The van der Waals surface area contributed by atoms with Crippen molar-refractivity contribution in [1.82, 2.24) is 10.2 Å². The largest absolute Gasteiger partial charge is 0.497 e. The molecule has 0 radical (unpaired) electrons. The molecule has 24 heavy (non-hydrogen) atoms. The van der Waals surface area contributed by atoms with Crippen molar-refractivity contribution in [3.8, 4) is 5.75 Å². The van der Waals surface area contributed by atoms with Gasteiger partial charge in [-0.3, -0.25) is 9.59 Å². The summed E-state index contributed by atoms with van der Waals surface area (Å²) < 4.78 is 5.11. The molecule has 0 aliphatic carbocycles. The minimum atomic E-state index is -0.166. The van der Waals surface area contributed by atoms with Gasteiger partial charge in [0.25, 0.3) is 5.91 Å². The molecule has 2 aromatic carbocycles. The Morgan fingerprint density at radius 3 is 2.33 bits per heavy atom. The van der Waals surface area contributed by atoms with E-state index in [-0.39, 0.29) is 18.2 Å². The molecule has 2 amide bonds. The van der Waals surface area contributed by atoms with E-state index in [0.29, 0.717) is 18.7 Å². The van der Waals surface area contributed by atoms with E-state index in [1.165, 1.54) is 0 Å². The van der Waals surface area contributed by atoms with Gasteiger partial charge in [-0.25, -0.2) is 0 Å². The van der Waals surface area contributed by atoms with E-state index in [4.69, 9.17) is 4.74 Å². The van der Waals surface area contributed by atoms with Crippen molar-refractivity contribution in [2.75, 3.05) is 20.7 Å². The summed E-state index contributed by atoms with van der Waals surface area (Å²) in [5, 5.41) is 2.76. The van der Waals surface area contributed by atoms with E-state index >= 15 is 0 Å². The van der Waals surface area contributed by atoms with Crippen LogP contribution in [0.3, 0.4) is 0 Å². The van der Waals surface area contributed by atoms with Crippen LogP contribution in [0.15, 0.2) is 54.6 Å². The smallest absolute Gasteiger partial charge is 0.251 e. The highest BCUT2D eigenvalue weighted by Gasteiger charge is 2.10. The molecule has 2 rings (SSSR count). The van der Waals surface area contributed by atoms with Crippen LogP contribution in [0.4, 0.5) is 0 Å². The zero-order valence-corrected chi connectivity index (χ0v) is 14.0. The second kappa shape index (κ2) is 8.72. The lowest BCUT2D eigenvalue weighted by molar-refractivity contribution is -0.130. The molecular weight excluding hydrogens is 304 g/mol. The highest BCUT2D eigenvalue weighted by atomic mass is 16.5. The van der Waals surface area contributed by atoms with E-state index in [0.717, 1.165) is 11.3 Å². The monoisotopic (exact) mass is 326 g/mol. The molecule has 0 saturated heterocycles. The number of ether oxygens (including phenoxy) is 1. The van der Waals surface area contributed by atoms with Gasteiger partial charge in [0, 0.05) is 32.1 Å². The van der Waals surface area contributed by atoms with Crippen LogP contribution in [0, 0.1) is 0 Å². The van der Waals surface area contributed by atoms with Gasteiger partial charge in [-0.15, -0.1) is 0 Å². The second-order valence-corrected chi connectivity index (χ2v) is 5.47. The molecule has 0 aromatic heterocycles. The molecule has 5 nitrogen and oxygen atoms in total. The fourth-order valence-electron chi connectivity index (χ4n) is 2.26. The van der Waals surface area contributed by atoms with Gasteiger partial charge in [0.15, 0.2) is 0 Å². The zero-order chi connectivity index (χ0) is 17.4. The van der Waals surface area contributed by atoms with Crippen LogP contribution >= 0.6 is 0 Å². The van der Waals surface area contributed by atoms with Gasteiger partial charge in [-0.05, 0) is 29.8 Å². The number of carbonyl (C=O) groups excluding carboxylic acids is 2. The Hall–Kier alpha value is -2.82. The molecule has 0 aliphatic rings. The molecular formula is C19H22N2O3. The predicted octanol–water partition coefficient (Wildman–Crippen LogP) is 2.47. The summed E-state index contributed by atoms with van der Waals surface area (Å²) in [5.74, 6) is 0.608.